The van der Waals surface area contributed by atoms with E-state index >= 15 is 0 Å². The summed E-state index contributed by atoms with van der Waals surface area (Å²) in [5, 5.41) is 7.93. The molecule has 3 rings (SSSR count). The molecule has 1 aromatic heterocycles. The standard InChI is InChI=1S/C16H21FN4/c17-13-5-7-14(8-6-13)21-16(12-3-1-4-12)15(11-20-21)19-10-2-9-18/h5-8,11-12,19H,1-4,9-10,18H2. The van der Waals surface area contributed by atoms with Crippen LogP contribution >= 0.6 is 0 Å². The zero-order valence-electron chi connectivity index (χ0n) is 12.1. The second-order valence-electron chi connectivity index (χ2n) is 5.53. The lowest BCUT2D eigenvalue weighted by atomic mass is 9.82. The molecule has 0 bridgehead atoms. The van der Waals surface area contributed by atoms with Crippen LogP contribution in [-0.4, -0.2) is 22.9 Å². The lowest BCUT2D eigenvalue weighted by Gasteiger charge is -2.27. The van der Waals surface area contributed by atoms with Crippen molar-refractivity contribution in [3.8, 4) is 5.69 Å². The monoisotopic (exact) mass is 288 g/mol. The summed E-state index contributed by atoms with van der Waals surface area (Å²) in [6, 6.07) is 6.49. The number of benzene rings is 1. The zero-order valence-corrected chi connectivity index (χ0v) is 12.1. The van der Waals surface area contributed by atoms with E-state index in [1.165, 1.54) is 37.1 Å². The van der Waals surface area contributed by atoms with Gasteiger partial charge in [-0.3, -0.25) is 0 Å². The van der Waals surface area contributed by atoms with E-state index in [1.54, 1.807) is 12.1 Å². The Morgan fingerprint density at radius 1 is 1.29 bits per heavy atom. The zero-order chi connectivity index (χ0) is 14.7. The van der Waals surface area contributed by atoms with Gasteiger partial charge in [0, 0.05) is 12.5 Å². The van der Waals surface area contributed by atoms with Crippen LogP contribution < -0.4 is 11.1 Å². The number of nitrogens with zero attached hydrogens (tertiary/aromatic N) is 2. The van der Waals surface area contributed by atoms with E-state index in [2.05, 4.69) is 10.4 Å². The molecule has 1 aliphatic carbocycles. The van der Waals surface area contributed by atoms with Gasteiger partial charge in [-0.05, 0) is 50.1 Å². The number of anilines is 1. The summed E-state index contributed by atoms with van der Waals surface area (Å²) in [6.07, 6.45) is 6.46. The van der Waals surface area contributed by atoms with E-state index in [9.17, 15) is 4.39 Å². The molecule has 1 aliphatic rings. The lowest BCUT2D eigenvalue weighted by Crippen LogP contribution is -2.17. The van der Waals surface area contributed by atoms with E-state index in [0.29, 0.717) is 12.5 Å². The summed E-state index contributed by atoms with van der Waals surface area (Å²) >= 11 is 0. The van der Waals surface area contributed by atoms with Gasteiger partial charge < -0.3 is 11.1 Å². The van der Waals surface area contributed by atoms with Gasteiger partial charge >= 0.3 is 0 Å². The quantitative estimate of drug-likeness (QED) is 0.803. The summed E-state index contributed by atoms with van der Waals surface area (Å²) in [5.41, 5.74) is 8.74. The van der Waals surface area contributed by atoms with Crippen LogP contribution in [0.15, 0.2) is 30.5 Å². The second kappa shape index (κ2) is 6.26. The molecule has 0 unspecified atom stereocenters. The van der Waals surface area contributed by atoms with Crippen molar-refractivity contribution in [1.29, 1.82) is 0 Å². The summed E-state index contributed by atoms with van der Waals surface area (Å²) < 4.78 is 15.0. The van der Waals surface area contributed by atoms with Crippen LogP contribution in [0, 0.1) is 5.82 Å². The first kappa shape index (κ1) is 14.1. The second-order valence-corrected chi connectivity index (χ2v) is 5.53. The van der Waals surface area contributed by atoms with Crippen LogP contribution in [0.4, 0.5) is 10.1 Å². The smallest absolute Gasteiger partial charge is 0.123 e. The number of aromatic nitrogens is 2. The largest absolute Gasteiger partial charge is 0.382 e. The van der Waals surface area contributed by atoms with Gasteiger partial charge in [-0.25, -0.2) is 9.07 Å². The number of nitrogens with two attached hydrogens (primary N) is 1. The molecule has 1 heterocycles. The van der Waals surface area contributed by atoms with Gasteiger partial charge in [0.15, 0.2) is 0 Å². The predicted molar refractivity (Wildman–Crippen MR) is 82.3 cm³/mol. The van der Waals surface area contributed by atoms with Gasteiger partial charge in [0.05, 0.1) is 23.3 Å². The van der Waals surface area contributed by atoms with Gasteiger partial charge in [-0.2, -0.15) is 5.10 Å². The minimum absolute atomic E-state index is 0.225. The first-order chi connectivity index (χ1) is 10.3. The van der Waals surface area contributed by atoms with Crippen LogP contribution in [-0.2, 0) is 0 Å². The van der Waals surface area contributed by atoms with Crippen LogP contribution in [0.1, 0.15) is 37.3 Å². The average molecular weight is 288 g/mol. The lowest BCUT2D eigenvalue weighted by molar-refractivity contribution is 0.404. The van der Waals surface area contributed by atoms with Crippen molar-refractivity contribution in [2.45, 2.75) is 31.6 Å². The summed E-state index contributed by atoms with van der Waals surface area (Å²) in [6.45, 7) is 1.53. The Hall–Kier alpha value is -1.88. The van der Waals surface area contributed by atoms with Gasteiger partial charge in [0.25, 0.3) is 0 Å². The van der Waals surface area contributed by atoms with Gasteiger partial charge in [0.1, 0.15) is 5.82 Å². The topological polar surface area (TPSA) is 55.9 Å². The van der Waals surface area contributed by atoms with Crippen molar-refractivity contribution < 1.29 is 4.39 Å². The Balaban J connectivity index is 1.90. The highest BCUT2D eigenvalue weighted by Gasteiger charge is 2.27. The van der Waals surface area contributed by atoms with Crippen molar-refractivity contribution >= 4 is 5.69 Å². The highest BCUT2D eigenvalue weighted by molar-refractivity contribution is 5.52. The normalized spacial score (nSPS) is 15.0. The van der Waals surface area contributed by atoms with E-state index < -0.39 is 0 Å². The molecule has 21 heavy (non-hydrogen) atoms. The molecule has 2 aromatic rings. The first-order valence-corrected chi connectivity index (χ1v) is 7.57. The summed E-state index contributed by atoms with van der Waals surface area (Å²) in [4.78, 5) is 0. The predicted octanol–water partition coefficient (Wildman–Crippen LogP) is 3.04. The molecule has 0 atom stereocenters. The summed E-state index contributed by atoms with van der Waals surface area (Å²) in [5.74, 6) is 0.315. The molecule has 0 saturated heterocycles. The third-order valence-corrected chi connectivity index (χ3v) is 4.07. The molecule has 1 fully saturated rings. The van der Waals surface area contributed by atoms with Crippen LogP contribution in [0.2, 0.25) is 0 Å². The van der Waals surface area contributed by atoms with Crippen LogP contribution in [0.25, 0.3) is 5.69 Å². The van der Waals surface area contributed by atoms with Crippen molar-refractivity contribution in [3.05, 3.63) is 42.0 Å². The third kappa shape index (κ3) is 2.93. The number of halogens is 1. The van der Waals surface area contributed by atoms with E-state index in [-0.39, 0.29) is 5.82 Å². The first-order valence-electron chi connectivity index (χ1n) is 7.57. The highest BCUT2D eigenvalue weighted by Crippen LogP contribution is 2.40. The molecular formula is C16H21FN4. The average Bonchev–Trinajstić information content (AvgIpc) is 2.82. The number of hydrogen-bond acceptors (Lipinski definition) is 3. The fraction of sp³-hybridized carbons (Fsp3) is 0.438. The van der Waals surface area contributed by atoms with Gasteiger partial charge in [-0.15, -0.1) is 0 Å². The highest BCUT2D eigenvalue weighted by atomic mass is 19.1. The molecule has 3 N–H and O–H groups in total. The third-order valence-electron chi connectivity index (χ3n) is 4.07. The maximum Gasteiger partial charge on any atom is 0.123 e. The van der Waals surface area contributed by atoms with Crippen molar-refractivity contribution in [3.63, 3.8) is 0 Å². The number of hydrogen-bond donors (Lipinski definition) is 2. The molecule has 0 amide bonds. The van der Waals surface area contributed by atoms with Gasteiger partial charge in [-0.1, -0.05) is 6.42 Å². The van der Waals surface area contributed by atoms with Crippen molar-refractivity contribution in [1.82, 2.24) is 9.78 Å². The van der Waals surface area contributed by atoms with Crippen molar-refractivity contribution in [2.24, 2.45) is 5.73 Å². The molecule has 0 spiro atoms. The molecule has 1 aromatic carbocycles. The molecular weight excluding hydrogens is 267 g/mol. The molecule has 1 saturated carbocycles. The minimum Gasteiger partial charge on any atom is -0.382 e. The Morgan fingerprint density at radius 3 is 2.67 bits per heavy atom. The SMILES string of the molecule is NCCCNc1cnn(-c2ccc(F)cc2)c1C1CCC1. The van der Waals surface area contributed by atoms with E-state index in [4.69, 9.17) is 5.73 Å². The molecule has 0 radical (unpaired) electrons. The molecule has 0 aliphatic heterocycles. The maximum atomic E-state index is 13.1. The minimum atomic E-state index is -0.225. The molecule has 4 nitrogen and oxygen atoms in total. The Morgan fingerprint density at radius 2 is 2.05 bits per heavy atom. The maximum absolute atomic E-state index is 13.1. The molecule has 5 heteroatoms. The van der Waals surface area contributed by atoms with E-state index in [1.807, 2.05) is 10.9 Å². The van der Waals surface area contributed by atoms with Gasteiger partial charge in [0.2, 0.25) is 0 Å². The molecule has 112 valence electrons. The summed E-state index contributed by atoms with van der Waals surface area (Å²) in [7, 11) is 0. The van der Waals surface area contributed by atoms with Crippen LogP contribution in [0.5, 0.6) is 0 Å². The van der Waals surface area contributed by atoms with E-state index in [0.717, 1.165) is 24.3 Å². The Kier molecular flexibility index (Phi) is 4.20. The fourth-order valence-electron chi connectivity index (χ4n) is 2.68. The Bertz CT molecular complexity index is 587. The van der Waals surface area contributed by atoms with Crippen LogP contribution in [0.3, 0.4) is 0 Å². The fourth-order valence-corrected chi connectivity index (χ4v) is 2.68. The number of rotatable bonds is 6. The van der Waals surface area contributed by atoms with Crippen molar-refractivity contribution in [2.75, 3.05) is 18.4 Å². The Labute approximate surface area is 124 Å². The number of nitrogens with one attached hydrogen (secondary N) is 1.